The number of amides is 1. The summed E-state index contributed by atoms with van der Waals surface area (Å²) < 4.78 is 37.9. The van der Waals surface area contributed by atoms with Gasteiger partial charge < -0.3 is 10.6 Å². The molecule has 1 atom stereocenters. The molecule has 0 radical (unpaired) electrons. The summed E-state index contributed by atoms with van der Waals surface area (Å²) in [5.74, 6) is 0.000671. The zero-order chi connectivity index (χ0) is 19.9. The number of halogens is 3. The summed E-state index contributed by atoms with van der Waals surface area (Å²) in [6.07, 6.45) is -1.90. The largest absolute Gasteiger partial charge is 0.416 e. The van der Waals surface area contributed by atoms with Crippen LogP contribution in [0.5, 0.6) is 0 Å². The van der Waals surface area contributed by atoms with Gasteiger partial charge in [0.2, 0.25) is 5.91 Å². The van der Waals surface area contributed by atoms with E-state index in [1.807, 2.05) is 31.2 Å². The number of likely N-dealkylation sites (N-methyl/N-ethyl adjacent to an activating group) is 1. The Labute approximate surface area is 158 Å². The van der Waals surface area contributed by atoms with Crippen molar-refractivity contribution in [2.45, 2.75) is 38.4 Å². The standard InChI is InChI=1S/C21H25F3N2O/c1-3-4-19(25-2)20(27)26-14-13-15-5-7-16(8-6-15)17-9-11-18(12-10-17)21(22,23)24/h5-12,19,25H,3-4,13-14H2,1-2H3,(H,26,27)/t19-/m0/s1. The van der Waals surface area contributed by atoms with Gasteiger partial charge in [-0.2, -0.15) is 13.2 Å². The lowest BCUT2D eigenvalue weighted by molar-refractivity contribution is -0.137. The van der Waals surface area contributed by atoms with Crippen molar-refractivity contribution >= 4 is 5.91 Å². The van der Waals surface area contributed by atoms with Gasteiger partial charge in [0, 0.05) is 6.54 Å². The first-order valence-electron chi connectivity index (χ1n) is 9.06. The van der Waals surface area contributed by atoms with Gasteiger partial charge in [-0.1, -0.05) is 49.7 Å². The second kappa shape index (κ2) is 9.55. The molecule has 146 valence electrons. The van der Waals surface area contributed by atoms with Gasteiger partial charge in [0.15, 0.2) is 0 Å². The lowest BCUT2D eigenvalue weighted by Gasteiger charge is -2.15. The molecule has 0 bridgehead atoms. The molecule has 2 N–H and O–H groups in total. The normalized spacial score (nSPS) is 12.6. The van der Waals surface area contributed by atoms with Crippen LogP contribution in [0.3, 0.4) is 0 Å². The monoisotopic (exact) mass is 378 g/mol. The fourth-order valence-electron chi connectivity index (χ4n) is 2.86. The Bertz CT molecular complexity index is 725. The van der Waals surface area contributed by atoms with Crippen LogP contribution >= 0.6 is 0 Å². The van der Waals surface area contributed by atoms with E-state index in [4.69, 9.17) is 0 Å². The third kappa shape index (κ3) is 6.10. The van der Waals surface area contributed by atoms with Crippen molar-refractivity contribution in [2.24, 2.45) is 0 Å². The maximum Gasteiger partial charge on any atom is 0.416 e. The van der Waals surface area contributed by atoms with E-state index in [1.165, 1.54) is 12.1 Å². The number of benzene rings is 2. The molecule has 1 amide bonds. The summed E-state index contributed by atoms with van der Waals surface area (Å²) in [5.41, 5.74) is 2.00. The van der Waals surface area contributed by atoms with Crippen LogP contribution in [0.2, 0.25) is 0 Å². The number of carbonyl (C=O) groups is 1. The van der Waals surface area contributed by atoms with Gasteiger partial charge >= 0.3 is 6.18 Å². The first-order chi connectivity index (χ1) is 12.8. The number of alkyl halides is 3. The Kier molecular flexibility index (Phi) is 7.42. The van der Waals surface area contributed by atoms with E-state index in [9.17, 15) is 18.0 Å². The molecule has 27 heavy (non-hydrogen) atoms. The van der Waals surface area contributed by atoms with E-state index in [1.54, 1.807) is 7.05 Å². The van der Waals surface area contributed by atoms with Gasteiger partial charge in [0.05, 0.1) is 11.6 Å². The van der Waals surface area contributed by atoms with Crippen molar-refractivity contribution in [3.05, 3.63) is 59.7 Å². The van der Waals surface area contributed by atoms with Crippen LogP contribution in [-0.2, 0) is 17.4 Å². The number of carbonyl (C=O) groups excluding carboxylic acids is 1. The molecular formula is C21H25F3N2O. The Morgan fingerprint density at radius 3 is 2.04 bits per heavy atom. The van der Waals surface area contributed by atoms with E-state index in [-0.39, 0.29) is 11.9 Å². The summed E-state index contributed by atoms with van der Waals surface area (Å²) in [7, 11) is 1.78. The van der Waals surface area contributed by atoms with Gasteiger partial charge in [-0.3, -0.25) is 4.79 Å². The fourth-order valence-corrected chi connectivity index (χ4v) is 2.86. The van der Waals surface area contributed by atoms with Crippen LogP contribution in [0.15, 0.2) is 48.5 Å². The van der Waals surface area contributed by atoms with Gasteiger partial charge in [0.25, 0.3) is 0 Å². The molecule has 0 saturated carbocycles. The minimum absolute atomic E-state index is 0.000671. The molecule has 3 nitrogen and oxygen atoms in total. The van der Waals surface area contributed by atoms with Gasteiger partial charge in [-0.05, 0) is 48.7 Å². The highest BCUT2D eigenvalue weighted by Gasteiger charge is 2.29. The molecule has 0 aliphatic heterocycles. The van der Waals surface area contributed by atoms with Crippen molar-refractivity contribution in [3.63, 3.8) is 0 Å². The molecule has 0 aliphatic rings. The zero-order valence-corrected chi connectivity index (χ0v) is 15.6. The van der Waals surface area contributed by atoms with Crippen LogP contribution in [0, 0.1) is 0 Å². The molecule has 0 fully saturated rings. The quantitative estimate of drug-likeness (QED) is 0.714. The van der Waals surface area contributed by atoms with Crippen LogP contribution < -0.4 is 10.6 Å². The molecule has 6 heteroatoms. The highest BCUT2D eigenvalue weighted by Crippen LogP contribution is 2.31. The molecule has 0 saturated heterocycles. The number of rotatable bonds is 8. The van der Waals surface area contributed by atoms with E-state index in [2.05, 4.69) is 10.6 Å². The van der Waals surface area contributed by atoms with E-state index < -0.39 is 11.7 Å². The van der Waals surface area contributed by atoms with Gasteiger partial charge in [-0.25, -0.2) is 0 Å². The van der Waals surface area contributed by atoms with Crippen LogP contribution in [0.1, 0.15) is 30.9 Å². The number of hydrogen-bond donors (Lipinski definition) is 2. The van der Waals surface area contributed by atoms with Crippen molar-refractivity contribution in [1.82, 2.24) is 10.6 Å². The molecule has 2 aromatic rings. The maximum atomic E-state index is 12.6. The predicted molar refractivity (Wildman–Crippen MR) is 101 cm³/mol. The summed E-state index contributed by atoms with van der Waals surface area (Å²) in [6.45, 7) is 2.58. The van der Waals surface area contributed by atoms with Crippen molar-refractivity contribution in [2.75, 3.05) is 13.6 Å². The predicted octanol–water partition coefficient (Wildman–Crippen LogP) is 4.42. The van der Waals surface area contributed by atoms with Crippen LogP contribution in [0.25, 0.3) is 11.1 Å². The Hall–Kier alpha value is -2.34. The second-order valence-corrected chi connectivity index (χ2v) is 6.44. The lowest BCUT2D eigenvalue weighted by atomic mass is 10.0. The van der Waals surface area contributed by atoms with Gasteiger partial charge in [-0.15, -0.1) is 0 Å². The molecular weight excluding hydrogens is 353 g/mol. The SMILES string of the molecule is CCC[C@H](NC)C(=O)NCCc1ccc(-c2ccc(C(F)(F)F)cc2)cc1. The summed E-state index contributed by atoms with van der Waals surface area (Å²) in [5, 5.41) is 5.93. The molecule has 0 aliphatic carbocycles. The van der Waals surface area contributed by atoms with Crippen LogP contribution in [0.4, 0.5) is 13.2 Å². The number of hydrogen-bond acceptors (Lipinski definition) is 2. The summed E-state index contributed by atoms with van der Waals surface area (Å²) in [4.78, 5) is 12.0. The molecule has 0 aromatic heterocycles. The Balaban J connectivity index is 1.91. The first-order valence-corrected chi connectivity index (χ1v) is 9.06. The zero-order valence-electron chi connectivity index (χ0n) is 15.6. The molecule has 2 rings (SSSR count). The highest BCUT2D eigenvalue weighted by atomic mass is 19.4. The third-order valence-corrected chi connectivity index (χ3v) is 4.45. The first kappa shape index (κ1) is 21.0. The summed E-state index contributed by atoms with van der Waals surface area (Å²) in [6, 6.07) is 12.6. The molecule has 0 unspecified atom stereocenters. The molecule has 2 aromatic carbocycles. The lowest BCUT2D eigenvalue weighted by Crippen LogP contribution is -2.43. The maximum absolute atomic E-state index is 12.6. The Morgan fingerprint density at radius 1 is 1.00 bits per heavy atom. The fraction of sp³-hybridized carbons (Fsp3) is 0.381. The molecule has 0 heterocycles. The van der Waals surface area contributed by atoms with Crippen molar-refractivity contribution < 1.29 is 18.0 Å². The van der Waals surface area contributed by atoms with Crippen molar-refractivity contribution in [1.29, 1.82) is 0 Å². The average Bonchev–Trinajstić information content (AvgIpc) is 2.66. The van der Waals surface area contributed by atoms with Gasteiger partial charge in [0.1, 0.15) is 0 Å². The smallest absolute Gasteiger partial charge is 0.354 e. The molecule has 0 spiro atoms. The van der Waals surface area contributed by atoms with Crippen molar-refractivity contribution in [3.8, 4) is 11.1 Å². The highest BCUT2D eigenvalue weighted by molar-refractivity contribution is 5.81. The van der Waals surface area contributed by atoms with Crippen LogP contribution in [-0.4, -0.2) is 25.5 Å². The topological polar surface area (TPSA) is 41.1 Å². The van der Waals surface area contributed by atoms with E-state index >= 15 is 0 Å². The summed E-state index contributed by atoms with van der Waals surface area (Å²) >= 11 is 0. The van der Waals surface area contributed by atoms with E-state index in [0.29, 0.717) is 13.0 Å². The van der Waals surface area contributed by atoms with E-state index in [0.717, 1.165) is 41.7 Å². The second-order valence-electron chi connectivity index (χ2n) is 6.44. The number of nitrogens with one attached hydrogen (secondary N) is 2. The Morgan fingerprint density at radius 2 is 1.56 bits per heavy atom. The third-order valence-electron chi connectivity index (χ3n) is 4.45. The average molecular weight is 378 g/mol. The minimum Gasteiger partial charge on any atom is -0.354 e. The minimum atomic E-state index is -4.32.